The predicted octanol–water partition coefficient (Wildman–Crippen LogP) is 10.3. The maximum atomic E-state index is 5.11. The molecule has 0 saturated heterocycles. The van der Waals surface area contributed by atoms with Crippen molar-refractivity contribution in [3.8, 4) is 68.1 Å². The Hall–Kier alpha value is -6.07. The first-order valence-electron chi connectivity index (χ1n) is 16.9. The Balaban J connectivity index is 1.12. The first kappa shape index (κ1) is 29.1. The smallest absolute Gasteiger partial charge is 0.164 e. The zero-order chi connectivity index (χ0) is 32.6. The van der Waals surface area contributed by atoms with Crippen LogP contribution in [0.25, 0.3) is 68.1 Å². The van der Waals surface area contributed by atoms with Crippen molar-refractivity contribution in [2.24, 2.45) is 5.92 Å². The molecule has 2 unspecified atom stereocenters. The van der Waals surface area contributed by atoms with Crippen LogP contribution in [0.2, 0.25) is 0 Å². The minimum atomic E-state index is 0.157. The molecule has 1 saturated carbocycles. The van der Waals surface area contributed by atoms with Crippen LogP contribution in [0, 0.1) is 5.92 Å². The standard InChI is InChI=1S/C44H33N5/c1-4-11-32(12-5-1)40-45-38(28-39(46-40)36-17-10-18-37(27-36)44-25-23-30(29-44)24-26-44)31-19-21-35(22-20-31)43-48-41(33-13-6-2-7-14-33)47-42(49-43)34-15-8-3-9-16-34/h1-23,25,27-28,30H,24,26,29H2. The second kappa shape index (κ2) is 12.2. The lowest BCUT2D eigenvalue weighted by Crippen LogP contribution is -2.17. The third-order valence-corrected chi connectivity index (χ3v) is 9.90. The Morgan fingerprint density at radius 1 is 0.429 bits per heavy atom. The van der Waals surface area contributed by atoms with E-state index in [1.165, 1.54) is 24.8 Å². The zero-order valence-electron chi connectivity index (χ0n) is 26.9. The Morgan fingerprint density at radius 2 is 0.898 bits per heavy atom. The molecular weight excluding hydrogens is 599 g/mol. The average molecular weight is 632 g/mol. The topological polar surface area (TPSA) is 64.5 Å². The Bertz CT molecular complexity index is 2240. The highest BCUT2D eigenvalue weighted by molar-refractivity contribution is 5.74. The molecule has 2 aliphatic carbocycles. The molecule has 2 atom stereocenters. The zero-order valence-corrected chi connectivity index (χ0v) is 26.9. The number of fused-ring (bicyclic) bond motifs is 2. The summed E-state index contributed by atoms with van der Waals surface area (Å²) < 4.78 is 0. The van der Waals surface area contributed by atoms with Crippen molar-refractivity contribution in [1.29, 1.82) is 0 Å². The Kier molecular flexibility index (Phi) is 7.24. The fraction of sp³-hybridized carbons (Fsp3) is 0.114. The van der Waals surface area contributed by atoms with Gasteiger partial charge in [0, 0.05) is 38.8 Å². The molecule has 7 aromatic rings. The lowest BCUT2D eigenvalue weighted by atomic mass is 9.79. The molecule has 234 valence electrons. The van der Waals surface area contributed by atoms with E-state index in [2.05, 4.69) is 78.9 Å². The summed E-state index contributed by atoms with van der Waals surface area (Å²) in [6, 6.07) is 49.8. The van der Waals surface area contributed by atoms with Gasteiger partial charge in [-0.1, -0.05) is 146 Å². The quantitative estimate of drug-likeness (QED) is 0.164. The van der Waals surface area contributed by atoms with Gasteiger partial charge in [-0.3, -0.25) is 0 Å². The van der Waals surface area contributed by atoms with Gasteiger partial charge in [0.1, 0.15) is 0 Å². The molecule has 49 heavy (non-hydrogen) atoms. The van der Waals surface area contributed by atoms with E-state index in [0.717, 1.165) is 50.7 Å². The molecule has 0 spiro atoms. The molecule has 5 nitrogen and oxygen atoms in total. The van der Waals surface area contributed by atoms with Crippen molar-refractivity contribution < 1.29 is 0 Å². The molecule has 2 aromatic heterocycles. The third kappa shape index (κ3) is 5.63. The van der Waals surface area contributed by atoms with Gasteiger partial charge in [-0.15, -0.1) is 0 Å². The van der Waals surface area contributed by atoms with Crippen molar-refractivity contribution in [3.63, 3.8) is 0 Å². The van der Waals surface area contributed by atoms with E-state index >= 15 is 0 Å². The maximum absolute atomic E-state index is 5.11. The Labute approximate surface area is 286 Å². The van der Waals surface area contributed by atoms with Crippen molar-refractivity contribution in [2.45, 2.75) is 24.7 Å². The van der Waals surface area contributed by atoms with E-state index in [1.807, 2.05) is 78.9 Å². The number of hydrogen-bond donors (Lipinski definition) is 0. The second-order valence-electron chi connectivity index (χ2n) is 13.0. The lowest BCUT2D eigenvalue weighted by molar-refractivity contribution is 0.567. The van der Waals surface area contributed by atoms with Crippen LogP contribution >= 0.6 is 0 Å². The van der Waals surface area contributed by atoms with Gasteiger partial charge in [0.2, 0.25) is 0 Å². The lowest BCUT2D eigenvalue weighted by Gasteiger charge is -2.24. The minimum absolute atomic E-state index is 0.157. The van der Waals surface area contributed by atoms with Crippen molar-refractivity contribution >= 4 is 0 Å². The number of nitrogens with zero attached hydrogens (tertiary/aromatic N) is 5. The normalized spacial score (nSPS) is 17.8. The highest BCUT2D eigenvalue weighted by Crippen LogP contribution is 2.51. The van der Waals surface area contributed by atoms with Gasteiger partial charge in [-0.2, -0.15) is 0 Å². The molecular formula is C44H33N5. The molecule has 0 aliphatic heterocycles. The van der Waals surface area contributed by atoms with Crippen LogP contribution in [-0.2, 0) is 5.41 Å². The van der Waals surface area contributed by atoms with E-state index < -0.39 is 0 Å². The fourth-order valence-electron chi connectivity index (χ4n) is 7.28. The van der Waals surface area contributed by atoms with E-state index in [-0.39, 0.29) is 5.41 Å². The van der Waals surface area contributed by atoms with Crippen LogP contribution in [0.5, 0.6) is 0 Å². The Morgan fingerprint density at radius 3 is 1.39 bits per heavy atom. The molecule has 2 aliphatic rings. The molecule has 1 fully saturated rings. The first-order chi connectivity index (χ1) is 24.2. The largest absolute Gasteiger partial charge is 0.228 e. The van der Waals surface area contributed by atoms with Crippen molar-refractivity contribution in [2.75, 3.05) is 0 Å². The van der Waals surface area contributed by atoms with Crippen molar-refractivity contribution in [3.05, 3.63) is 163 Å². The van der Waals surface area contributed by atoms with Gasteiger partial charge >= 0.3 is 0 Å². The maximum Gasteiger partial charge on any atom is 0.164 e. The number of allylic oxidation sites excluding steroid dienone is 2. The van der Waals surface area contributed by atoms with E-state index in [1.54, 1.807) is 0 Å². The average Bonchev–Trinajstić information content (AvgIpc) is 3.82. The van der Waals surface area contributed by atoms with Gasteiger partial charge in [-0.25, -0.2) is 24.9 Å². The van der Waals surface area contributed by atoms with E-state index in [9.17, 15) is 0 Å². The van der Waals surface area contributed by atoms with Gasteiger partial charge in [0.25, 0.3) is 0 Å². The summed E-state index contributed by atoms with van der Waals surface area (Å²) in [5.74, 6) is 3.34. The summed E-state index contributed by atoms with van der Waals surface area (Å²) in [7, 11) is 0. The molecule has 5 heteroatoms. The van der Waals surface area contributed by atoms with Gasteiger partial charge in [0.15, 0.2) is 23.3 Å². The highest BCUT2D eigenvalue weighted by atomic mass is 15.0. The predicted molar refractivity (Wildman–Crippen MR) is 196 cm³/mol. The minimum Gasteiger partial charge on any atom is -0.228 e. The van der Waals surface area contributed by atoms with Gasteiger partial charge in [0.05, 0.1) is 11.4 Å². The molecule has 0 amide bonds. The van der Waals surface area contributed by atoms with Crippen LogP contribution in [-0.4, -0.2) is 24.9 Å². The molecule has 0 N–H and O–H groups in total. The van der Waals surface area contributed by atoms with E-state index in [4.69, 9.17) is 24.9 Å². The first-order valence-corrected chi connectivity index (χ1v) is 16.9. The van der Waals surface area contributed by atoms with Crippen LogP contribution in [0.4, 0.5) is 0 Å². The van der Waals surface area contributed by atoms with Gasteiger partial charge in [-0.05, 0) is 42.9 Å². The van der Waals surface area contributed by atoms with E-state index in [0.29, 0.717) is 23.3 Å². The summed E-state index contributed by atoms with van der Waals surface area (Å²) in [6.07, 6.45) is 8.57. The van der Waals surface area contributed by atoms with Crippen LogP contribution < -0.4 is 0 Å². The monoisotopic (exact) mass is 631 g/mol. The number of rotatable bonds is 7. The number of benzene rings is 5. The number of hydrogen-bond acceptors (Lipinski definition) is 5. The molecule has 2 heterocycles. The summed E-state index contributed by atoms with van der Waals surface area (Å²) in [4.78, 5) is 24.9. The summed E-state index contributed by atoms with van der Waals surface area (Å²) in [5, 5.41) is 0. The molecule has 2 bridgehead atoms. The summed E-state index contributed by atoms with van der Waals surface area (Å²) in [5.41, 5.74) is 9.22. The third-order valence-electron chi connectivity index (χ3n) is 9.90. The molecule has 5 aromatic carbocycles. The van der Waals surface area contributed by atoms with Crippen LogP contribution in [0.1, 0.15) is 24.8 Å². The molecule has 9 rings (SSSR count). The highest BCUT2D eigenvalue weighted by Gasteiger charge is 2.41. The SMILES string of the molecule is C1=CC2(c3cccc(-c4cc(-c5ccc(-c6nc(-c7ccccc7)nc(-c7ccccc7)n6)cc5)nc(-c5ccccc5)n4)c3)CCC1C2. The summed E-state index contributed by atoms with van der Waals surface area (Å²) in [6.45, 7) is 0. The van der Waals surface area contributed by atoms with Crippen LogP contribution in [0.3, 0.4) is 0 Å². The van der Waals surface area contributed by atoms with Crippen molar-refractivity contribution in [1.82, 2.24) is 24.9 Å². The molecule has 0 radical (unpaired) electrons. The number of aromatic nitrogens is 5. The van der Waals surface area contributed by atoms with Gasteiger partial charge < -0.3 is 0 Å². The fourth-order valence-corrected chi connectivity index (χ4v) is 7.28. The summed E-state index contributed by atoms with van der Waals surface area (Å²) >= 11 is 0. The second-order valence-corrected chi connectivity index (χ2v) is 13.0. The van der Waals surface area contributed by atoms with Crippen LogP contribution in [0.15, 0.2) is 158 Å².